The van der Waals surface area contributed by atoms with E-state index in [1.807, 2.05) is 30.3 Å². The standard InChI is InChI=1S/C16H15F3N6O/c1-9-12(13(24-22-9)16(17,18)19)15(26)20-8-7-11-21-14(25-23-11)10-5-3-2-4-6-10/h2-6H,7-8H2,1H3,(H,20,26)(H,22,24)(H,21,23,25). The van der Waals surface area contributed by atoms with Crippen LogP contribution in [0.2, 0.25) is 0 Å². The van der Waals surface area contributed by atoms with Crippen molar-refractivity contribution in [1.29, 1.82) is 0 Å². The van der Waals surface area contributed by atoms with Gasteiger partial charge in [0.15, 0.2) is 11.5 Å². The first-order valence-corrected chi connectivity index (χ1v) is 7.73. The minimum atomic E-state index is -4.70. The number of hydrogen-bond acceptors (Lipinski definition) is 4. The number of alkyl halides is 3. The molecule has 3 N–H and O–H groups in total. The average molecular weight is 364 g/mol. The Morgan fingerprint density at radius 1 is 1.15 bits per heavy atom. The van der Waals surface area contributed by atoms with E-state index in [1.54, 1.807) is 0 Å². The number of benzene rings is 1. The number of halogens is 3. The van der Waals surface area contributed by atoms with Gasteiger partial charge in [0.25, 0.3) is 5.91 Å². The number of carbonyl (C=O) groups is 1. The van der Waals surface area contributed by atoms with E-state index in [0.717, 1.165) is 5.56 Å². The number of hydrogen-bond donors (Lipinski definition) is 3. The first-order chi connectivity index (χ1) is 12.4. The number of nitrogens with one attached hydrogen (secondary N) is 3. The molecule has 0 fully saturated rings. The van der Waals surface area contributed by atoms with Crippen molar-refractivity contribution in [2.45, 2.75) is 19.5 Å². The first kappa shape index (κ1) is 17.6. The van der Waals surface area contributed by atoms with Gasteiger partial charge in [0.05, 0.1) is 5.56 Å². The van der Waals surface area contributed by atoms with Crippen molar-refractivity contribution in [3.8, 4) is 11.4 Å². The Labute approximate surface area is 146 Å². The van der Waals surface area contributed by atoms with Gasteiger partial charge in [-0.05, 0) is 6.92 Å². The minimum Gasteiger partial charge on any atom is -0.351 e. The Morgan fingerprint density at radius 2 is 1.88 bits per heavy atom. The fourth-order valence-corrected chi connectivity index (χ4v) is 2.42. The third-order valence-electron chi connectivity index (χ3n) is 3.65. The molecule has 26 heavy (non-hydrogen) atoms. The van der Waals surface area contributed by atoms with Crippen LogP contribution in [-0.4, -0.2) is 37.8 Å². The summed E-state index contributed by atoms with van der Waals surface area (Å²) in [5, 5.41) is 14.6. The third kappa shape index (κ3) is 3.73. The largest absolute Gasteiger partial charge is 0.435 e. The quantitative estimate of drug-likeness (QED) is 0.648. The van der Waals surface area contributed by atoms with Crippen molar-refractivity contribution in [3.05, 3.63) is 53.1 Å². The number of nitrogens with zero attached hydrogens (tertiary/aromatic N) is 3. The molecule has 0 unspecified atom stereocenters. The van der Waals surface area contributed by atoms with Gasteiger partial charge >= 0.3 is 6.18 Å². The van der Waals surface area contributed by atoms with Crippen LogP contribution < -0.4 is 5.32 Å². The predicted octanol–water partition coefficient (Wildman–Crippen LogP) is 2.49. The van der Waals surface area contributed by atoms with Gasteiger partial charge in [0.1, 0.15) is 5.82 Å². The number of amides is 1. The number of H-pyrrole nitrogens is 2. The molecule has 0 aliphatic carbocycles. The van der Waals surface area contributed by atoms with E-state index in [-0.39, 0.29) is 12.2 Å². The van der Waals surface area contributed by atoms with Crippen LogP contribution in [-0.2, 0) is 12.6 Å². The maximum Gasteiger partial charge on any atom is 0.435 e. The monoisotopic (exact) mass is 364 g/mol. The Morgan fingerprint density at radius 3 is 2.58 bits per heavy atom. The van der Waals surface area contributed by atoms with Crippen LogP contribution >= 0.6 is 0 Å². The molecule has 0 bridgehead atoms. The van der Waals surface area contributed by atoms with E-state index < -0.39 is 23.3 Å². The van der Waals surface area contributed by atoms with Crippen molar-refractivity contribution in [2.75, 3.05) is 6.54 Å². The van der Waals surface area contributed by atoms with Crippen LogP contribution in [0.25, 0.3) is 11.4 Å². The van der Waals surface area contributed by atoms with E-state index in [9.17, 15) is 18.0 Å². The molecule has 0 saturated heterocycles. The molecule has 136 valence electrons. The summed E-state index contributed by atoms with van der Waals surface area (Å²) >= 11 is 0. The van der Waals surface area contributed by atoms with Crippen molar-refractivity contribution in [1.82, 2.24) is 30.7 Å². The normalized spacial score (nSPS) is 11.5. The Hall–Kier alpha value is -3.17. The van der Waals surface area contributed by atoms with Gasteiger partial charge in [-0.15, -0.1) is 0 Å². The number of aromatic amines is 2. The SMILES string of the molecule is Cc1[nH]nc(C(F)(F)F)c1C(=O)NCCc1nc(-c2ccccc2)n[nH]1. The molecule has 3 aromatic rings. The molecule has 10 heteroatoms. The second-order valence-corrected chi connectivity index (χ2v) is 5.55. The summed E-state index contributed by atoms with van der Waals surface area (Å²) in [6.07, 6.45) is -4.41. The zero-order valence-corrected chi connectivity index (χ0v) is 13.7. The van der Waals surface area contributed by atoms with Gasteiger partial charge in [0.2, 0.25) is 0 Å². The molecule has 2 heterocycles. The summed E-state index contributed by atoms with van der Waals surface area (Å²) in [7, 11) is 0. The minimum absolute atomic E-state index is 0.0563. The highest BCUT2D eigenvalue weighted by molar-refractivity contribution is 5.96. The van der Waals surface area contributed by atoms with E-state index >= 15 is 0 Å². The fourth-order valence-electron chi connectivity index (χ4n) is 2.42. The Balaban J connectivity index is 1.62. The summed E-state index contributed by atoms with van der Waals surface area (Å²) in [5.74, 6) is 0.187. The average Bonchev–Trinajstić information content (AvgIpc) is 3.22. The predicted molar refractivity (Wildman–Crippen MR) is 86.2 cm³/mol. The lowest BCUT2D eigenvalue weighted by atomic mass is 10.1. The molecular weight excluding hydrogens is 349 g/mol. The van der Waals surface area contributed by atoms with Gasteiger partial charge in [-0.1, -0.05) is 30.3 Å². The van der Waals surface area contributed by atoms with Crippen LogP contribution in [0.3, 0.4) is 0 Å². The Kier molecular flexibility index (Phi) is 4.74. The number of rotatable bonds is 5. The van der Waals surface area contributed by atoms with Crippen LogP contribution in [0.5, 0.6) is 0 Å². The summed E-state index contributed by atoms with van der Waals surface area (Å²) < 4.78 is 38.7. The molecule has 0 aliphatic heterocycles. The smallest absolute Gasteiger partial charge is 0.351 e. The number of carbonyl (C=O) groups excluding carboxylic acids is 1. The maximum absolute atomic E-state index is 12.9. The summed E-state index contributed by atoms with van der Waals surface area (Å²) in [6, 6.07) is 9.30. The molecule has 0 saturated carbocycles. The lowest BCUT2D eigenvalue weighted by Gasteiger charge is -2.07. The molecule has 7 nitrogen and oxygen atoms in total. The molecule has 0 aliphatic rings. The van der Waals surface area contributed by atoms with Crippen LogP contribution in [0.15, 0.2) is 30.3 Å². The topological polar surface area (TPSA) is 99.3 Å². The second-order valence-electron chi connectivity index (χ2n) is 5.55. The van der Waals surface area contributed by atoms with E-state index in [1.165, 1.54) is 6.92 Å². The first-order valence-electron chi connectivity index (χ1n) is 7.73. The molecule has 2 aromatic heterocycles. The van der Waals surface area contributed by atoms with Crippen molar-refractivity contribution in [2.24, 2.45) is 0 Å². The van der Waals surface area contributed by atoms with Gasteiger partial charge in [-0.25, -0.2) is 4.98 Å². The highest BCUT2D eigenvalue weighted by Crippen LogP contribution is 2.31. The van der Waals surface area contributed by atoms with Crippen LogP contribution in [0, 0.1) is 6.92 Å². The van der Waals surface area contributed by atoms with Crippen LogP contribution in [0.1, 0.15) is 27.6 Å². The summed E-state index contributed by atoms with van der Waals surface area (Å²) in [5.41, 5.74) is -0.831. The Bertz CT molecular complexity index is 900. The summed E-state index contributed by atoms with van der Waals surface area (Å²) in [4.78, 5) is 16.4. The van der Waals surface area contributed by atoms with Gasteiger partial charge < -0.3 is 5.32 Å². The maximum atomic E-state index is 12.9. The van der Waals surface area contributed by atoms with Crippen molar-refractivity contribution in [3.63, 3.8) is 0 Å². The van der Waals surface area contributed by atoms with E-state index in [0.29, 0.717) is 18.1 Å². The molecule has 0 atom stereocenters. The van der Waals surface area contributed by atoms with E-state index in [2.05, 4.69) is 30.7 Å². The lowest BCUT2D eigenvalue weighted by Crippen LogP contribution is -2.28. The zero-order chi connectivity index (χ0) is 18.7. The van der Waals surface area contributed by atoms with Gasteiger partial charge in [-0.2, -0.15) is 23.4 Å². The lowest BCUT2D eigenvalue weighted by molar-refractivity contribution is -0.141. The van der Waals surface area contributed by atoms with Gasteiger partial charge in [0, 0.05) is 24.2 Å². The molecule has 0 spiro atoms. The molecular formula is C16H15F3N6O. The number of aryl methyl sites for hydroxylation is 1. The van der Waals surface area contributed by atoms with Gasteiger partial charge in [-0.3, -0.25) is 15.0 Å². The van der Waals surface area contributed by atoms with Crippen molar-refractivity contribution < 1.29 is 18.0 Å². The number of aromatic nitrogens is 5. The second kappa shape index (κ2) is 6.98. The van der Waals surface area contributed by atoms with Crippen molar-refractivity contribution >= 4 is 5.91 Å². The molecule has 1 aromatic carbocycles. The zero-order valence-electron chi connectivity index (χ0n) is 13.7. The highest BCUT2D eigenvalue weighted by Gasteiger charge is 2.39. The molecule has 3 rings (SSSR count). The van der Waals surface area contributed by atoms with Crippen LogP contribution in [0.4, 0.5) is 13.2 Å². The molecule has 1 amide bonds. The highest BCUT2D eigenvalue weighted by atomic mass is 19.4. The summed E-state index contributed by atoms with van der Waals surface area (Å²) in [6.45, 7) is 1.46. The third-order valence-corrected chi connectivity index (χ3v) is 3.65. The van der Waals surface area contributed by atoms with E-state index in [4.69, 9.17) is 0 Å². The fraction of sp³-hybridized carbons (Fsp3) is 0.250. The molecule has 0 radical (unpaired) electrons.